The standard InChI is InChI=1S/C9H19NO/c1-4-8-5-9(7(2)11)10(3)6-8/h7-9,11H,4-6H2,1-3H3. The van der Waals surface area contributed by atoms with Gasteiger partial charge in [-0.1, -0.05) is 13.3 Å². The summed E-state index contributed by atoms with van der Waals surface area (Å²) in [6.07, 6.45) is 2.25. The molecule has 0 aromatic carbocycles. The van der Waals surface area contributed by atoms with E-state index in [4.69, 9.17) is 0 Å². The molecule has 66 valence electrons. The Hall–Kier alpha value is -0.0800. The molecule has 1 aliphatic rings. The van der Waals surface area contributed by atoms with Crippen molar-refractivity contribution >= 4 is 0 Å². The SMILES string of the molecule is CCC1CC(C(C)O)N(C)C1. The lowest BCUT2D eigenvalue weighted by Crippen LogP contribution is -2.34. The molecule has 0 spiro atoms. The van der Waals surface area contributed by atoms with Gasteiger partial charge in [0.15, 0.2) is 0 Å². The number of hydrogen-bond acceptors (Lipinski definition) is 2. The lowest BCUT2D eigenvalue weighted by atomic mass is 10.0. The van der Waals surface area contributed by atoms with Crippen molar-refractivity contribution < 1.29 is 5.11 Å². The predicted molar refractivity (Wildman–Crippen MR) is 46.5 cm³/mol. The van der Waals surface area contributed by atoms with Gasteiger partial charge in [-0.2, -0.15) is 0 Å². The van der Waals surface area contributed by atoms with Gasteiger partial charge in [0.25, 0.3) is 0 Å². The van der Waals surface area contributed by atoms with Crippen molar-refractivity contribution in [2.75, 3.05) is 13.6 Å². The zero-order valence-corrected chi connectivity index (χ0v) is 7.75. The first-order valence-electron chi connectivity index (χ1n) is 4.53. The monoisotopic (exact) mass is 157 g/mol. The van der Waals surface area contributed by atoms with Crippen LogP contribution in [0.15, 0.2) is 0 Å². The van der Waals surface area contributed by atoms with Crippen LogP contribution >= 0.6 is 0 Å². The second-order valence-corrected chi connectivity index (χ2v) is 3.76. The van der Waals surface area contributed by atoms with Gasteiger partial charge in [0.2, 0.25) is 0 Å². The van der Waals surface area contributed by atoms with Crippen LogP contribution in [0, 0.1) is 5.92 Å². The van der Waals surface area contributed by atoms with Crippen LogP contribution in [0.5, 0.6) is 0 Å². The number of likely N-dealkylation sites (N-methyl/N-ethyl adjacent to an activating group) is 1. The average molecular weight is 157 g/mol. The Balaban J connectivity index is 2.45. The van der Waals surface area contributed by atoms with Gasteiger partial charge in [0, 0.05) is 12.6 Å². The predicted octanol–water partition coefficient (Wildman–Crippen LogP) is 1.10. The van der Waals surface area contributed by atoms with Crippen LogP contribution in [-0.4, -0.2) is 35.7 Å². The molecule has 1 N–H and O–H groups in total. The molecule has 2 nitrogen and oxygen atoms in total. The number of likely N-dealkylation sites (tertiary alicyclic amines) is 1. The highest BCUT2D eigenvalue weighted by molar-refractivity contribution is 4.85. The molecule has 1 rings (SSSR count). The summed E-state index contributed by atoms with van der Waals surface area (Å²) in [6, 6.07) is 0.403. The minimum absolute atomic E-state index is 0.170. The molecule has 0 bridgehead atoms. The molecule has 1 aliphatic heterocycles. The second kappa shape index (κ2) is 3.55. The molecule has 0 aromatic heterocycles. The average Bonchev–Trinajstić information content (AvgIpc) is 2.30. The smallest absolute Gasteiger partial charge is 0.0667 e. The van der Waals surface area contributed by atoms with Crippen molar-refractivity contribution in [1.82, 2.24) is 4.90 Å². The van der Waals surface area contributed by atoms with Gasteiger partial charge in [-0.25, -0.2) is 0 Å². The van der Waals surface area contributed by atoms with Gasteiger partial charge in [-0.15, -0.1) is 0 Å². The molecule has 1 saturated heterocycles. The van der Waals surface area contributed by atoms with Crippen LogP contribution in [0.3, 0.4) is 0 Å². The Labute approximate surface area is 69.2 Å². The third-order valence-electron chi connectivity index (χ3n) is 2.82. The van der Waals surface area contributed by atoms with Crippen molar-refractivity contribution in [3.8, 4) is 0 Å². The lowest BCUT2D eigenvalue weighted by molar-refractivity contribution is 0.101. The molecule has 0 saturated carbocycles. The Morgan fingerprint density at radius 2 is 2.27 bits per heavy atom. The third-order valence-corrected chi connectivity index (χ3v) is 2.82. The zero-order chi connectivity index (χ0) is 8.43. The van der Waals surface area contributed by atoms with E-state index in [0.29, 0.717) is 6.04 Å². The van der Waals surface area contributed by atoms with E-state index in [1.807, 2.05) is 6.92 Å². The van der Waals surface area contributed by atoms with Crippen LogP contribution in [0.25, 0.3) is 0 Å². The maximum Gasteiger partial charge on any atom is 0.0667 e. The van der Waals surface area contributed by atoms with E-state index in [1.54, 1.807) is 0 Å². The Kier molecular flexibility index (Phi) is 2.90. The summed E-state index contributed by atoms with van der Waals surface area (Å²) >= 11 is 0. The maximum absolute atomic E-state index is 9.39. The molecule has 0 amide bonds. The molecule has 0 radical (unpaired) electrons. The summed E-state index contributed by atoms with van der Waals surface area (Å²) < 4.78 is 0. The van der Waals surface area contributed by atoms with E-state index in [1.165, 1.54) is 12.8 Å². The Bertz CT molecular complexity index is 125. The van der Waals surface area contributed by atoms with Gasteiger partial charge in [-0.05, 0) is 26.3 Å². The van der Waals surface area contributed by atoms with E-state index in [0.717, 1.165) is 12.5 Å². The maximum atomic E-state index is 9.39. The summed E-state index contributed by atoms with van der Waals surface area (Å²) in [4.78, 5) is 2.28. The van der Waals surface area contributed by atoms with Crippen molar-refractivity contribution in [3.63, 3.8) is 0 Å². The van der Waals surface area contributed by atoms with Crippen molar-refractivity contribution in [2.45, 2.75) is 38.8 Å². The van der Waals surface area contributed by atoms with Crippen molar-refractivity contribution in [2.24, 2.45) is 5.92 Å². The molecule has 1 fully saturated rings. The summed E-state index contributed by atoms with van der Waals surface area (Å²) in [6.45, 7) is 5.27. The summed E-state index contributed by atoms with van der Waals surface area (Å²) in [5, 5.41) is 9.39. The Morgan fingerprint density at radius 1 is 1.64 bits per heavy atom. The summed E-state index contributed by atoms with van der Waals surface area (Å²) in [5.41, 5.74) is 0. The molecule has 3 atom stereocenters. The molecular formula is C9H19NO. The highest BCUT2D eigenvalue weighted by Gasteiger charge is 2.30. The number of hydrogen-bond donors (Lipinski definition) is 1. The topological polar surface area (TPSA) is 23.5 Å². The van der Waals surface area contributed by atoms with Crippen LogP contribution in [-0.2, 0) is 0 Å². The van der Waals surface area contributed by atoms with E-state index >= 15 is 0 Å². The van der Waals surface area contributed by atoms with E-state index in [9.17, 15) is 5.11 Å². The first kappa shape index (κ1) is 9.01. The first-order chi connectivity index (χ1) is 5.15. The van der Waals surface area contributed by atoms with Gasteiger partial charge < -0.3 is 10.0 Å². The zero-order valence-electron chi connectivity index (χ0n) is 7.75. The largest absolute Gasteiger partial charge is 0.392 e. The molecule has 0 aromatic rings. The third kappa shape index (κ3) is 1.94. The number of nitrogens with zero attached hydrogens (tertiary/aromatic N) is 1. The van der Waals surface area contributed by atoms with E-state index in [2.05, 4.69) is 18.9 Å². The first-order valence-corrected chi connectivity index (χ1v) is 4.53. The fourth-order valence-electron chi connectivity index (χ4n) is 2.00. The molecular weight excluding hydrogens is 138 g/mol. The molecule has 2 heteroatoms. The van der Waals surface area contributed by atoms with Crippen LogP contribution < -0.4 is 0 Å². The fourth-order valence-corrected chi connectivity index (χ4v) is 2.00. The number of rotatable bonds is 2. The number of aliphatic hydroxyl groups is 1. The highest BCUT2D eigenvalue weighted by Crippen LogP contribution is 2.25. The van der Waals surface area contributed by atoms with Gasteiger partial charge in [0.1, 0.15) is 0 Å². The van der Waals surface area contributed by atoms with E-state index in [-0.39, 0.29) is 6.10 Å². The molecule has 1 heterocycles. The van der Waals surface area contributed by atoms with Crippen LogP contribution in [0.1, 0.15) is 26.7 Å². The van der Waals surface area contributed by atoms with E-state index < -0.39 is 0 Å². The fraction of sp³-hybridized carbons (Fsp3) is 1.00. The lowest BCUT2D eigenvalue weighted by Gasteiger charge is -2.21. The van der Waals surface area contributed by atoms with Crippen LogP contribution in [0.2, 0.25) is 0 Å². The normalized spacial score (nSPS) is 36.0. The summed E-state index contributed by atoms with van der Waals surface area (Å²) in [7, 11) is 2.10. The second-order valence-electron chi connectivity index (χ2n) is 3.76. The van der Waals surface area contributed by atoms with Crippen molar-refractivity contribution in [3.05, 3.63) is 0 Å². The quantitative estimate of drug-likeness (QED) is 0.649. The molecule has 3 unspecified atom stereocenters. The van der Waals surface area contributed by atoms with Crippen LogP contribution in [0.4, 0.5) is 0 Å². The van der Waals surface area contributed by atoms with Gasteiger partial charge >= 0.3 is 0 Å². The van der Waals surface area contributed by atoms with Gasteiger partial charge in [0.05, 0.1) is 6.10 Å². The van der Waals surface area contributed by atoms with Crippen molar-refractivity contribution in [1.29, 1.82) is 0 Å². The minimum atomic E-state index is -0.170. The minimum Gasteiger partial charge on any atom is -0.392 e. The Morgan fingerprint density at radius 3 is 2.55 bits per heavy atom. The highest BCUT2D eigenvalue weighted by atomic mass is 16.3. The number of aliphatic hydroxyl groups excluding tert-OH is 1. The summed E-state index contributed by atoms with van der Waals surface area (Å²) in [5.74, 6) is 0.805. The molecule has 0 aliphatic carbocycles. The molecule has 11 heavy (non-hydrogen) atoms. The van der Waals surface area contributed by atoms with Gasteiger partial charge in [-0.3, -0.25) is 0 Å².